The molecule has 0 spiro atoms. The SMILES string of the molecule is CN=C(NCCc1nnc2ccccn12)N(C)Cc1ccc(C(F)(F)F)cc1. The molecule has 9 heteroatoms. The van der Waals surface area contributed by atoms with E-state index in [4.69, 9.17) is 0 Å². The summed E-state index contributed by atoms with van der Waals surface area (Å²) in [6, 6.07) is 10.9. The Labute approximate surface area is 160 Å². The predicted molar refractivity (Wildman–Crippen MR) is 101 cm³/mol. The van der Waals surface area contributed by atoms with Gasteiger partial charge in [0.05, 0.1) is 5.56 Å². The fourth-order valence-corrected chi connectivity index (χ4v) is 2.88. The molecule has 0 aliphatic heterocycles. The number of benzene rings is 1. The molecule has 3 rings (SSSR count). The predicted octanol–water partition coefficient (Wildman–Crippen LogP) is 3.00. The van der Waals surface area contributed by atoms with Crippen molar-refractivity contribution in [2.45, 2.75) is 19.1 Å². The molecule has 3 aromatic rings. The van der Waals surface area contributed by atoms with E-state index in [2.05, 4.69) is 20.5 Å². The summed E-state index contributed by atoms with van der Waals surface area (Å²) >= 11 is 0. The number of hydrogen-bond donors (Lipinski definition) is 1. The van der Waals surface area contributed by atoms with Gasteiger partial charge in [0.1, 0.15) is 5.82 Å². The molecule has 0 aliphatic carbocycles. The first-order valence-electron chi connectivity index (χ1n) is 8.75. The van der Waals surface area contributed by atoms with Crippen molar-refractivity contribution in [3.05, 3.63) is 65.6 Å². The van der Waals surface area contributed by atoms with Gasteiger partial charge in [-0.1, -0.05) is 18.2 Å². The van der Waals surface area contributed by atoms with Crippen LogP contribution in [0.2, 0.25) is 0 Å². The zero-order chi connectivity index (χ0) is 20.1. The molecule has 148 valence electrons. The second-order valence-corrected chi connectivity index (χ2v) is 6.32. The fraction of sp³-hybridized carbons (Fsp3) is 0.316. The van der Waals surface area contributed by atoms with Gasteiger partial charge >= 0.3 is 6.18 Å². The van der Waals surface area contributed by atoms with Gasteiger partial charge in [0, 0.05) is 39.8 Å². The average Bonchev–Trinajstić information content (AvgIpc) is 3.08. The van der Waals surface area contributed by atoms with Crippen LogP contribution in [-0.4, -0.2) is 46.1 Å². The molecular formula is C19H21F3N6. The summed E-state index contributed by atoms with van der Waals surface area (Å²) < 4.78 is 39.9. The van der Waals surface area contributed by atoms with E-state index in [1.165, 1.54) is 12.1 Å². The summed E-state index contributed by atoms with van der Waals surface area (Å²) in [6.07, 6.45) is -1.76. The van der Waals surface area contributed by atoms with Gasteiger partial charge in [-0.3, -0.25) is 9.39 Å². The van der Waals surface area contributed by atoms with Gasteiger partial charge in [-0.05, 0) is 29.8 Å². The molecule has 6 nitrogen and oxygen atoms in total. The number of halogens is 3. The maximum Gasteiger partial charge on any atom is 0.416 e. The lowest BCUT2D eigenvalue weighted by Gasteiger charge is -2.22. The summed E-state index contributed by atoms with van der Waals surface area (Å²) in [6.45, 7) is 1.03. The lowest BCUT2D eigenvalue weighted by atomic mass is 10.1. The van der Waals surface area contributed by atoms with Crippen LogP contribution in [0.4, 0.5) is 13.2 Å². The van der Waals surface area contributed by atoms with E-state index in [1.54, 1.807) is 7.05 Å². The van der Waals surface area contributed by atoms with Gasteiger partial charge in [0.25, 0.3) is 0 Å². The van der Waals surface area contributed by atoms with Crippen LogP contribution in [0, 0.1) is 0 Å². The van der Waals surface area contributed by atoms with Crippen LogP contribution in [0.25, 0.3) is 5.65 Å². The Bertz CT molecular complexity index is 946. The van der Waals surface area contributed by atoms with Crippen LogP contribution in [0.3, 0.4) is 0 Å². The number of aliphatic imine (C=N–C) groups is 1. The molecule has 28 heavy (non-hydrogen) atoms. The van der Waals surface area contributed by atoms with Gasteiger partial charge in [-0.15, -0.1) is 10.2 Å². The van der Waals surface area contributed by atoms with Crippen molar-refractivity contribution in [2.75, 3.05) is 20.6 Å². The third-order valence-electron chi connectivity index (χ3n) is 4.29. The van der Waals surface area contributed by atoms with Crippen molar-refractivity contribution in [3.63, 3.8) is 0 Å². The molecule has 0 amide bonds. The number of nitrogens with one attached hydrogen (secondary N) is 1. The smallest absolute Gasteiger partial charge is 0.356 e. The molecule has 0 saturated heterocycles. The number of fused-ring (bicyclic) bond motifs is 1. The largest absolute Gasteiger partial charge is 0.416 e. The highest BCUT2D eigenvalue weighted by molar-refractivity contribution is 5.79. The van der Waals surface area contributed by atoms with Gasteiger partial charge in [-0.2, -0.15) is 13.2 Å². The van der Waals surface area contributed by atoms with E-state index >= 15 is 0 Å². The zero-order valence-electron chi connectivity index (χ0n) is 15.6. The molecular weight excluding hydrogens is 369 g/mol. The molecule has 2 heterocycles. The molecule has 0 saturated carbocycles. The van der Waals surface area contributed by atoms with E-state index in [9.17, 15) is 13.2 Å². The van der Waals surface area contributed by atoms with Crippen molar-refractivity contribution in [3.8, 4) is 0 Å². The second-order valence-electron chi connectivity index (χ2n) is 6.32. The molecule has 0 bridgehead atoms. The van der Waals surface area contributed by atoms with E-state index in [0.717, 1.165) is 29.2 Å². The highest BCUT2D eigenvalue weighted by Gasteiger charge is 2.29. The van der Waals surface area contributed by atoms with E-state index < -0.39 is 11.7 Å². The Hall–Kier alpha value is -3.10. The normalized spacial score (nSPS) is 12.4. The first kappa shape index (κ1) is 19.7. The molecule has 0 fully saturated rings. The van der Waals surface area contributed by atoms with Crippen molar-refractivity contribution in [1.82, 2.24) is 24.8 Å². The molecule has 0 unspecified atom stereocenters. The molecule has 0 radical (unpaired) electrons. The summed E-state index contributed by atoms with van der Waals surface area (Å²) in [4.78, 5) is 6.08. The van der Waals surface area contributed by atoms with Gasteiger partial charge < -0.3 is 10.2 Å². The second kappa shape index (κ2) is 8.28. The summed E-state index contributed by atoms with van der Waals surface area (Å²) in [7, 11) is 3.50. The van der Waals surface area contributed by atoms with Crippen molar-refractivity contribution >= 4 is 11.6 Å². The molecule has 0 atom stereocenters. The summed E-state index contributed by atoms with van der Waals surface area (Å²) in [5.74, 6) is 1.48. The van der Waals surface area contributed by atoms with Crippen LogP contribution < -0.4 is 5.32 Å². The number of alkyl halides is 3. The first-order chi connectivity index (χ1) is 13.4. The van der Waals surface area contributed by atoms with Gasteiger partial charge in [-0.25, -0.2) is 0 Å². The minimum absolute atomic E-state index is 0.436. The Balaban J connectivity index is 1.56. The average molecular weight is 390 g/mol. The maximum atomic E-state index is 12.7. The zero-order valence-corrected chi connectivity index (χ0v) is 15.6. The lowest BCUT2D eigenvalue weighted by Crippen LogP contribution is -2.39. The maximum absolute atomic E-state index is 12.7. The first-order valence-corrected chi connectivity index (χ1v) is 8.75. The number of rotatable bonds is 5. The van der Waals surface area contributed by atoms with E-state index in [-0.39, 0.29) is 0 Å². The minimum atomic E-state index is -4.33. The number of hydrogen-bond acceptors (Lipinski definition) is 3. The van der Waals surface area contributed by atoms with Crippen LogP contribution in [0.5, 0.6) is 0 Å². The fourth-order valence-electron chi connectivity index (χ4n) is 2.88. The van der Waals surface area contributed by atoms with Gasteiger partial charge in [0.15, 0.2) is 11.6 Å². The Kier molecular flexibility index (Phi) is 5.81. The third kappa shape index (κ3) is 4.59. The Morgan fingerprint density at radius 2 is 1.89 bits per heavy atom. The van der Waals surface area contributed by atoms with Gasteiger partial charge in [0.2, 0.25) is 0 Å². The monoisotopic (exact) mass is 390 g/mol. The quantitative estimate of drug-likeness (QED) is 0.538. The molecule has 1 aromatic carbocycles. The molecule has 2 aromatic heterocycles. The van der Waals surface area contributed by atoms with Crippen LogP contribution in [0.15, 0.2) is 53.7 Å². The third-order valence-corrected chi connectivity index (χ3v) is 4.29. The highest BCUT2D eigenvalue weighted by atomic mass is 19.4. The van der Waals surface area contributed by atoms with Crippen LogP contribution >= 0.6 is 0 Å². The number of guanidine groups is 1. The van der Waals surface area contributed by atoms with E-state index in [0.29, 0.717) is 25.5 Å². The van der Waals surface area contributed by atoms with Crippen LogP contribution in [0.1, 0.15) is 17.0 Å². The van der Waals surface area contributed by atoms with Crippen molar-refractivity contribution < 1.29 is 13.2 Å². The highest BCUT2D eigenvalue weighted by Crippen LogP contribution is 2.29. The Morgan fingerprint density at radius 1 is 1.14 bits per heavy atom. The standard InChI is InChI=1S/C19H21F3N6/c1-23-18(24-11-10-17-26-25-16-5-3-4-12-28(16)17)27(2)13-14-6-8-15(9-7-14)19(20,21)22/h3-9,12H,10-11,13H2,1-2H3,(H,23,24). The number of nitrogens with zero attached hydrogens (tertiary/aromatic N) is 5. The summed E-state index contributed by atoms with van der Waals surface area (Å²) in [5, 5.41) is 11.5. The van der Waals surface area contributed by atoms with Crippen molar-refractivity contribution in [1.29, 1.82) is 0 Å². The Morgan fingerprint density at radius 3 is 2.57 bits per heavy atom. The van der Waals surface area contributed by atoms with Crippen molar-refractivity contribution in [2.24, 2.45) is 4.99 Å². The number of aromatic nitrogens is 3. The lowest BCUT2D eigenvalue weighted by molar-refractivity contribution is -0.137. The van der Waals surface area contributed by atoms with E-state index in [1.807, 2.05) is 40.7 Å². The topological polar surface area (TPSA) is 57.8 Å². The summed E-state index contributed by atoms with van der Waals surface area (Å²) in [5.41, 5.74) is 0.908. The number of pyridine rings is 1. The molecule has 0 aliphatic rings. The molecule has 1 N–H and O–H groups in total. The van der Waals surface area contributed by atoms with Crippen LogP contribution in [-0.2, 0) is 19.1 Å². The minimum Gasteiger partial charge on any atom is -0.356 e.